The lowest BCUT2D eigenvalue weighted by Crippen LogP contribution is -2.08. The van der Waals surface area contributed by atoms with Crippen LogP contribution in [0.1, 0.15) is 45.3 Å². The highest BCUT2D eigenvalue weighted by Gasteiger charge is 2.21. The van der Waals surface area contributed by atoms with E-state index in [1.165, 1.54) is 0 Å². The Labute approximate surface area is 150 Å². The Hall–Kier alpha value is -2.15. The number of aryl methyl sites for hydroxylation is 1. The van der Waals surface area contributed by atoms with Gasteiger partial charge in [0.05, 0.1) is 22.2 Å². The van der Waals surface area contributed by atoms with E-state index in [2.05, 4.69) is 11.9 Å². The molecule has 0 N–H and O–H groups in total. The van der Waals surface area contributed by atoms with E-state index in [0.717, 1.165) is 18.5 Å². The van der Waals surface area contributed by atoms with Crippen molar-refractivity contribution in [1.29, 1.82) is 0 Å². The summed E-state index contributed by atoms with van der Waals surface area (Å²) in [6.07, 6.45) is 3.66. The molecule has 0 saturated carbocycles. The van der Waals surface area contributed by atoms with Crippen molar-refractivity contribution in [2.75, 3.05) is 5.75 Å². The summed E-state index contributed by atoms with van der Waals surface area (Å²) < 4.78 is 14.4. The second-order valence-electron chi connectivity index (χ2n) is 6.29. The van der Waals surface area contributed by atoms with Crippen molar-refractivity contribution < 1.29 is 4.21 Å². The Balaban J connectivity index is 2.19. The summed E-state index contributed by atoms with van der Waals surface area (Å²) in [6, 6.07) is 5.83. The molecule has 0 aromatic carbocycles. The van der Waals surface area contributed by atoms with Crippen molar-refractivity contribution in [2.24, 2.45) is 0 Å². The second-order valence-corrected chi connectivity index (χ2v) is 7.78. The first-order chi connectivity index (χ1) is 12.0. The maximum absolute atomic E-state index is 12.6. The third-order valence-electron chi connectivity index (χ3n) is 3.95. The minimum absolute atomic E-state index is 0.119. The van der Waals surface area contributed by atoms with Crippen LogP contribution in [0, 0.1) is 6.92 Å². The number of hydrogen-bond donors (Lipinski definition) is 0. The molecule has 3 heterocycles. The van der Waals surface area contributed by atoms with Crippen LogP contribution in [0.3, 0.4) is 0 Å². The molecule has 1 atom stereocenters. The predicted molar refractivity (Wildman–Crippen MR) is 99.9 cm³/mol. The van der Waals surface area contributed by atoms with Gasteiger partial charge in [-0.3, -0.25) is 9.19 Å². The van der Waals surface area contributed by atoms with Gasteiger partial charge in [0.1, 0.15) is 11.2 Å². The predicted octanol–water partition coefficient (Wildman–Crippen LogP) is 3.69. The van der Waals surface area contributed by atoms with E-state index in [9.17, 15) is 4.21 Å². The molecule has 6 nitrogen and oxygen atoms in total. The molecule has 0 spiro atoms. The van der Waals surface area contributed by atoms with Gasteiger partial charge in [-0.05, 0) is 39.3 Å². The largest absolute Gasteiger partial charge is 0.254 e. The minimum atomic E-state index is -1.14. The molecule has 1 unspecified atom stereocenters. The summed E-state index contributed by atoms with van der Waals surface area (Å²) in [5.74, 6) is 0.612. The molecule has 0 aliphatic carbocycles. The highest BCUT2D eigenvalue weighted by molar-refractivity contribution is 7.85. The van der Waals surface area contributed by atoms with Crippen LogP contribution in [0.2, 0.25) is 0 Å². The van der Waals surface area contributed by atoms with Crippen LogP contribution in [-0.4, -0.2) is 34.7 Å². The zero-order valence-electron chi connectivity index (χ0n) is 15.1. The summed E-state index contributed by atoms with van der Waals surface area (Å²) in [5, 5.41) is 5.26. The number of hydrogen-bond acceptors (Lipinski definition) is 5. The van der Waals surface area contributed by atoms with Crippen LogP contribution < -0.4 is 0 Å². The monoisotopic (exact) mass is 357 g/mol. The van der Waals surface area contributed by atoms with Gasteiger partial charge in [-0.2, -0.15) is 5.10 Å². The number of aromatic nitrogens is 5. The number of unbranched alkanes of at least 4 members (excludes halogenated alkanes) is 1. The maximum atomic E-state index is 12.6. The Morgan fingerprint density at radius 1 is 1.24 bits per heavy atom. The van der Waals surface area contributed by atoms with Crippen molar-refractivity contribution in [1.82, 2.24) is 24.7 Å². The lowest BCUT2D eigenvalue weighted by molar-refractivity contribution is 0.546. The highest BCUT2D eigenvalue weighted by Crippen LogP contribution is 2.27. The van der Waals surface area contributed by atoms with E-state index < -0.39 is 10.8 Å². The molecule has 0 fully saturated rings. The first-order valence-corrected chi connectivity index (χ1v) is 9.91. The zero-order valence-corrected chi connectivity index (χ0v) is 15.9. The quantitative estimate of drug-likeness (QED) is 0.673. The van der Waals surface area contributed by atoms with Gasteiger partial charge in [-0.25, -0.2) is 14.6 Å². The molecule has 0 bridgehead atoms. The van der Waals surface area contributed by atoms with Gasteiger partial charge >= 0.3 is 0 Å². The number of pyridine rings is 1. The van der Waals surface area contributed by atoms with Gasteiger partial charge in [-0.1, -0.05) is 19.4 Å². The van der Waals surface area contributed by atoms with Crippen molar-refractivity contribution in [3.8, 4) is 11.4 Å². The fourth-order valence-corrected chi connectivity index (χ4v) is 3.95. The van der Waals surface area contributed by atoms with E-state index in [0.29, 0.717) is 33.3 Å². The maximum Gasteiger partial charge on any atom is 0.178 e. The van der Waals surface area contributed by atoms with Crippen molar-refractivity contribution >= 4 is 22.0 Å². The molecule has 7 heteroatoms. The third kappa shape index (κ3) is 3.46. The van der Waals surface area contributed by atoms with Crippen molar-refractivity contribution in [2.45, 2.75) is 51.6 Å². The smallest absolute Gasteiger partial charge is 0.178 e. The minimum Gasteiger partial charge on any atom is -0.254 e. The Kier molecular flexibility index (Phi) is 5.22. The standard InChI is InChI=1S/C18H23N5OS/c1-5-6-11-25(24)18-13(4)20-16-15(14-9-7-8-10-19-14)22-23(12(2)3)17(16)21-18/h7-10,12H,5-6,11H2,1-4H3. The molecule has 0 radical (unpaired) electrons. The number of nitrogens with zero attached hydrogens (tertiary/aromatic N) is 5. The topological polar surface area (TPSA) is 73.6 Å². The molecule has 3 aromatic rings. The van der Waals surface area contributed by atoms with E-state index in [-0.39, 0.29) is 6.04 Å². The third-order valence-corrected chi connectivity index (χ3v) is 5.43. The van der Waals surface area contributed by atoms with Crippen LogP contribution in [0.5, 0.6) is 0 Å². The van der Waals surface area contributed by atoms with Gasteiger partial charge < -0.3 is 0 Å². The fourth-order valence-electron chi connectivity index (χ4n) is 2.64. The SMILES string of the molecule is CCCCS(=O)c1nc2c(nc1C)c(-c1ccccn1)nn2C(C)C. The molecule has 132 valence electrons. The number of rotatable bonds is 6. The van der Waals surface area contributed by atoms with Crippen LogP contribution in [0.4, 0.5) is 0 Å². The van der Waals surface area contributed by atoms with Gasteiger partial charge in [0.2, 0.25) is 0 Å². The van der Waals surface area contributed by atoms with Gasteiger partial charge in [0, 0.05) is 18.0 Å². The lowest BCUT2D eigenvalue weighted by atomic mass is 10.2. The average molecular weight is 357 g/mol. The Morgan fingerprint density at radius 3 is 2.68 bits per heavy atom. The summed E-state index contributed by atoms with van der Waals surface area (Å²) in [5.41, 5.74) is 3.55. The van der Waals surface area contributed by atoms with Crippen molar-refractivity contribution in [3.63, 3.8) is 0 Å². The normalized spacial score (nSPS) is 12.8. The fraction of sp³-hybridized carbons (Fsp3) is 0.444. The first-order valence-electron chi connectivity index (χ1n) is 8.59. The van der Waals surface area contributed by atoms with Gasteiger partial charge in [0.25, 0.3) is 0 Å². The summed E-state index contributed by atoms with van der Waals surface area (Å²) >= 11 is 0. The molecule has 0 amide bonds. The Bertz CT molecular complexity index is 905. The summed E-state index contributed by atoms with van der Waals surface area (Å²) in [4.78, 5) is 13.8. The molecule has 3 rings (SSSR count). The first kappa shape index (κ1) is 17.7. The van der Waals surface area contributed by atoms with E-state index in [1.54, 1.807) is 6.20 Å². The van der Waals surface area contributed by atoms with Crippen LogP contribution >= 0.6 is 0 Å². The van der Waals surface area contributed by atoms with Crippen LogP contribution in [0.15, 0.2) is 29.4 Å². The van der Waals surface area contributed by atoms with E-state index in [1.807, 2.05) is 43.7 Å². The van der Waals surface area contributed by atoms with Gasteiger partial charge in [-0.15, -0.1) is 0 Å². The molecular formula is C18H23N5OS. The van der Waals surface area contributed by atoms with Crippen LogP contribution in [0.25, 0.3) is 22.6 Å². The Morgan fingerprint density at radius 2 is 2.04 bits per heavy atom. The van der Waals surface area contributed by atoms with E-state index in [4.69, 9.17) is 15.1 Å². The molecule has 0 aliphatic heterocycles. The molecule has 0 saturated heterocycles. The zero-order chi connectivity index (χ0) is 18.0. The van der Waals surface area contributed by atoms with E-state index >= 15 is 0 Å². The second kappa shape index (κ2) is 7.39. The van der Waals surface area contributed by atoms with Gasteiger partial charge in [0.15, 0.2) is 10.7 Å². The lowest BCUT2D eigenvalue weighted by Gasteiger charge is -2.08. The molecule has 3 aromatic heterocycles. The summed E-state index contributed by atoms with van der Waals surface area (Å²) in [6.45, 7) is 8.04. The highest BCUT2D eigenvalue weighted by atomic mass is 32.2. The van der Waals surface area contributed by atoms with Crippen LogP contribution in [-0.2, 0) is 10.8 Å². The molecule has 0 aliphatic rings. The number of fused-ring (bicyclic) bond motifs is 1. The molecule has 25 heavy (non-hydrogen) atoms. The van der Waals surface area contributed by atoms with Crippen molar-refractivity contribution in [3.05, 3.63) is 30.1 Å². The average Bonchev–Trinajstić information content (AvgIpc) is 2.98. The molecular weight excluding hydrogens is 334 g/mol. The summed E-state index contributed by atoms with van der Waals surface area (Å²) in [7, 11) is -1.14.